The molecule has 2 aromatic heterocycles. The van der Waals surface area contributed by atoms with E-state index in [1.54, 1.807) is 0 Å². The molecular weight excluding hydrogens is 861 g/mol. The average Bonchev–Trinajstić information content (AvgIpc) is 3.81. The van der Waals surface area contributed by atoms with E-state index in [-0.39, 0.29) is 20.1 Å². The van der Waals surface area contributed by atoms with Gasteiger partial charge in [0.2, 0.25) is 0 Å². The van der Waals surface area contributed by atoms with Gasteiger partial charge in [-0.1, -0.05) is 105 Å². The van der Waals surface area contributed by atoms with Crippen LogP contribution in [0.5, 0.6) is 0 Å². The van der Waals surface area contributed by atoms with Crippen LogP contribution in [0.1, 0.15) is 50.7 Å². The van der Waals surface area contributed by atoms with E-state index in [2.05, 4.69) is 183 Å². The molecular formula is C51H41IrN4. The molecule has 0 unspecified atom stereocenters. The van der Waals surface area contributed by atoms with Gasteiger partial charge in [-0.05, 0) is 92.7 Å². The SMILES string of the molecule is CC(C)c1cccc(C(C)C)c1-c1cn2c3cc4cc5ccccc5cc4c4ccc5cc[c-]c(c5c43)c2n1.CN1[CH-]N(c2[c-]cccc2)c2ccccc21.[Ir+3]. The summed E-state index contributed by atoms with van der Waals surface area (Å²) in [4.78, 5) is 9.65. The normalized spacial score (nSPS) is 12.8. The molecule has 1 aliphatic rings. The minimum Gasteiger partial charge on any atom is -0.504 e. The summed E-state index contributed by atoms with van der Waals surface area (Å²) in [6, 6.07) is 54.4. The molecule has 0 aliphatic carbocycles. The van der Waals surface area contributed by atoms with E-state index < -0.39 is 0 Å². The fraction of sp³-hybridized carbons (Fsp3) is 0.137. The van der Waals surface area contributed by atoms with Crippen LogP contribution in [-0.4, -0.2) is 16.4 Å². The van der Waals surface area contributed by atoms with E-state index in [0.717, 1.165) is 22.4 Å². The van der Waals surface area contributed by atoms with E-state index in [9.17, 15) is 0 Å². The van der Waals surface area contributed by atoms with Crippen molar-refractivity contribution in [3.05, 3.63) is 170 Å². The molecule has 0 spiro atoms. The Labute approximate surface area is 341 Å². The van der Waals surface area contributed by atoms with Crippen molar-refractivity contribution in [2.75, 3.05) is 16.8 Å². The monoisotopic (exact) mass is 902 g/mol. The van der Waals surface area contributed by atoms with Gasteiger partial charge in [0, 0.05) is 28.7 Å². The maximum Gasteiger partial charge on any atom is 3.00 e. The Hall–Kier alpha value is -5.74. The molecule has 0 fully saturated rings. The molecule has 0 radical (unpaired) electrons. The molecule has 0 saturated heterocycles. The van der Waals surface area contributed by atoms with Gasteiger partial charge in [-0.25, -0.2) is 0 Å². The van der Waals surface area contributed by atoms with Gasteiger partial charge < -0.3 is 14.2 Å². The Morgan fingerprint density at radius 2 is 1.32 bits per heavy atom. The van der Waals surface area contributed by atoms with Crippen LogP contribution in [0, 0.1) is 18.8 Å². The van der Waals surface area contributed by atoms with Crippen LogP contribution in [0.25, 0.3) is 70.9 Å². The summed E-state index contributed by atoms with van der Waals surface area (Å²) in [5, 5.41) is 11.2. The van der Waals surface area contributed by atoms with E-state index in [4.69, 9.17) is 4.98 Å². The first-order chi connectivity index (χ1) is 26.9. The van der Waals surface area contributed by atoms with Crippen LogP contribution in [0.2, 0.25) is 0 Å². The molecule has 0 saturated carbocycles. The van der Waals surface area contributed by atoms with Crippen molar-refractivity contribution in [2.45, 2.75) is 39.5 Å². The van der Waals surface area contributed by atoms with Gasteiger partial charge in [-0.3, -0.25) is 4.98 Å². The Kier molecular flexibility index (Phi) is 9.04. The minimum atomic E-state index is 0. The summed E-state index contributed by atoms with van der Waals surface area (Å²) >= 11 is 0. The predicted molar refractivity (Wildman–Crippen MR) is 233 cm³/mol. The van der Waals surface area contributed by atoms with Crippen LogP contribution < -0.4 is 9.80 Å². The van der Waals surface area contributed by atoms with Crippen molar-refractivity contribution < 1.29 is 20.1 Å². The molecule has 0 bridgehead atoms. The second-order valence-corrected chi connectivity index (χ2v) is 15.4. The Morgan fingerprint density at radius 1 is 0.607 bits per heavy atom. The van der Waals surface area contributed by atoms with Crippen LogP contribution in [0.15, 0.2) is 140 Å². The zero-order valence-corrected chi connectivity index (χ0v) is 34.5. The molecule has 56 heavy (non-hydrogen) atoms. The third kappa shape index (κ3) is 5.72. The van der Waals surface area contributed by atoms with E-state index >= 15 is 0 Å². The first kappa shape index (κ1) is 35.9. The van der Waals surface area contributed by atoms with Gasteiger partial charge >= 0.3 is 20.1 Å². The van der Waals surface area contributed by atoms with E-state index in [1.165, 1.54) is 76.7 Å². The minimum absolute atomic E-state index is 0. The van der Waals surface area contributed by atoms with E-state index in [0.29, 0.717) is 11.8 Å². The fourth-order valence-electron chi connectivity index (χ4n) is 8.70. The van der Waals surface area contributed by atoms with Gasteiger partial charge in [0.1, 0.15) is 0 Å². The molecule has 0 atom stereocenters. The third-order valence-corrected chi connectivity index (χ3v) is 11.3. The Morgan fingerprint density at radius 3 is 2.05 bits per heavy atom. The van der Waals surface area contributed by atoms with Crippen LogP contribution in [0.4, 0.5) is 17.1 Å². The van der Waals surface area contributed by atoms with Gasteiger partial charge in [0.15, 0.2) is 0 Å². The van der Waals surface area contributed by atoms with Crippen LogP contribution >= 0.6 is 0 Å². The summed E-state index contributed by atoms with van der Waals surface area (Å²) in [5.74, 6) is 0.815. The zero-order chi connectivity index (χ0) is 37.4. The number of pyridine rings is 1. The maximum absolute atomic E-state index is 5.38. The standard InChI is InChI=1S/C37H29N2.C14H12N2.Ir/c1-21(2)27-12-8-13-28(22(3)4)35(27)32-20-39-33-19-26-17-24-9-5-6-10-25(24)18-31(26)29-16-15-23-11-7-14-30(37(39)38-32)34(23)36(29)33;1-15-11-16(12-7-3-2-4-8-12)14-10-6-5-9-13(14)15;/h5-13,15-22H,1-4H3;2-7,9-11H,1H3;/q-1;-2;+3. The number of benzene rings is 8. The van der Waals surface area contributed by atoms with Crippen LogP contribution in [0.3, 0.4) is 0 Å². The van der Waals surface area contributed by atoms with Gasteiger partial charge in [0.05, 0.1) is 11.3 Å². The molecule has 4 nitrogen and oxygen atoms in total. The summed E-state index contributed by atoms with van der Waals surface area (Å²) in [7, 11) is 2.06. The third-order valence-electron chi connectivity index (χ3n) is 11.3. The predicted octanol–water partition coefficient (Wildman–Crippen LogP) is 13.4. The average molecular weight is 902 g/mol. The first-order valence-corrected chi connectivity index (χ1v) is 19.2. The molecule has 8 aromatic carbocycles. The topological polar surface area (TPSA) is 23.8 Å². The number of fused-ring (bicyclic) bond motifs is 7. The largest absolute Gasteiger partial charge is 3.00 e. The molecule has 10 aromatic rings. The van der Waals surface area contributed by atoms with Crippen molar-refractivity contribution in [3.63, 3.8) is 0 Å². The Balaban J connectivity index is 0.000000202. The van der Waals surface area contributed by atoms with Crippen molar-refractivity contribution in [1.29, 1.82) is 0 Å². The smallest absolute Gasteiger partial charge is 0.504 e. The number of hydrogen-bond acceptors (Lipinski definition) is 3. The fourth-order valence-corrected chi connectivity index (χ4v) is 8.70. The van der Waals surface area contributed by atoms with Gasteiger partial charge in [-0.15, -0.1) is 29.3 Å². The second kappa shape index (κ2) is 14.1. The molecule has 0 N–H and O–H groups in total. The summed E-state index contributed by atoms with van der Waals surface area (Å²) in [5.41, 5.74) is 10.7. The van der Waals surface area contributed by atoms with Crippen molar-refractivity contribution in [2.24, 2.45) is 0 Å². The zero-order valence-electron chi connectivity index (χ0n) is 32.1. The molecule has 11 rings (SSSR count). The molecule has 5 heteroatoms. The van der Waals surface area contributed by atoms with Gasteiger partial charge in [-0.2, -0.15) is 37.0 Å². The number of imidazole rings is 1. The molecule has 0 amide bonds. The number of aromatic nitrogens is 2. The summed E-state index contributed by atoms with van der Waals surface area (Å²) < 4.78 is 2.33. The quantitative estimate of drug-likeness (QED) is 0.0999. The second-order valence-electron chi connectivity index (χ2n) is 15.4. The molecule has 274 valence electrons. The van der Waals surface area contributed by atoms with Gasteiger partial charge in [0.25, 0.3) is 0 Å². The summed E-state index contributed by atoms with van der Waals surface area (Å²) in [6.07, 6.45) is 2.27. The summed E-state index contributed by atoms with van der Waals surface area (Å²) in [6.45, 7) is 11.2. The molecule has 3 heterocycles. The first-order valence-electron chi connectivity index (χ1n) is 19.2. The van der Waals surface area contributed by atoms with E-state index in [1.807, 2.05) is 24.3 Å². The molecule has 1 aliphatic heterocycles. The van der Waals surface area contributed by atoms with Crippen molar-refractivity contribution in [1.82, 2.24) is 9.38 Å². The van der Waals surface area contributed by atoms with Crippen molar-refractivity contribution >= 4 is 76.7 Å². The number of hydrogen-bond donors (Lipinski definition) is 0. The van der Waals surface area contributed by atoms with Crippen molar-refractivity contribution in [3.8, 4) is 11.3 Å². The number of anilines is 3. The Bertz CT molecular complexity index is 3030. The number of para-hydroxylation sites is 3. The van der Waals surface area contributed by atoms with Crippen LogP contribution in [-0.2, 0) is 20.1 Å². The number of nitrogens with zero attached hydrogens (tertiary/aromatic N) is 4. The maximum atomic E-state index is 5.38. The number of rotatable bonds is 4.